The van der Waals surface area contributed by atoms with E-state index in [1.165, 1.54) is 42.1 Å². The Kier molecular flexibility index (Phi) is 8.25. The van der Waals surface area contributed by atoms with Crippen molar-refractivity contribution >= 4 is 15.9 Å². The van der Waals surface area contributed by atoms with Gasteiger partial charge in [0.1, 0.15) is 5.82 Å². The van der Waals surface area contributed by atoms with Crippen LogP contribution in [0.4, 0.5) is 4.39 Å². The molecule has 2 fully saturated rings. The molecule has 1 aromatic rings. The quantitative estimate of drug-likeness (QED) is 0.632. The molecule has 1 N–H and O–H groups in total. The monoisotopic (exact) mass is 439 g/mol. The Labute approximate surface area is 179 Å². The van der Waals surface area contributed by atoms with Crippen LogP contribution in [0.1, 0.15) is 51.9 Å². The second-order valence-corrected chi connectivity index (χ2v) is 10.3. The van der Waals surface area contributed by atoms with Crippen molar-refractivity contribution in [2.45, 2.75) is 62.8 Å². The number of benzene rings is 1. The van der Waals surface area contributed by atoms with Crippen LogP contribution in [0.25, 0.3) is 0 Å². The fourth-order valence-electron chi connectivity index (χ4n) is 4.57. The highest BCUT2D eigenvalue weighted by Gasteiger charge is 2.32. The Morgan fingerprint density at radius 3 is 2.47 bits per heavy atom. The summed E-state index contributed by atoms with van der Waals surface area (Å²) in [4.78, 5) is 15.1. The molecule has 0 aromatic heterocycles. The van der Waals surface area contributed by atoms with Crippen LogP contribution in [0.5, 0.6) is 0 Å². The Hall–Kier alpha value is -1.51. The molecule has 168 valence electrons. The van der Waals surface area contributed by atoms with Gasteiger partial charge in [0.2, 0.25) is 15.9 Å². The van der Waals surface area contributed by atoms with Gasteiger partial charge in [-0.25, -0.2) is 12.8 Å². The maximum Gasteiger partial charge on any atom is 0.243 e. The molecule has 0 radical (unpaired) electrons. The lowest BCUT2D eigenvalue weighted by atomic mass is 9.97. The maximum absolute atomic E-state index is 13.1. The van der Waals surface area contributed by atoms with Crippen molar-refractivity contribution in [3.63, 3.8) is 0 Å². The molecule has 1 amide bonds. The predicted octanol–water partition coefficient (Wildman–Crippen LogP) is 3.00. The second-order valence-electron chi connectivity index (χ2n) is 8.37. The number of piperidine rings is 2. The molecule has 2 heterocycles. The summed E-state index contributed by atoms with van der Waals surface area (Å²) in [6.07, 6.45) is 7.02. The summed E-state index contributed by atoms with van der Waals surface area (Å²) < 4.78 is 39.8. The lowest BCUT2D eigenvalue weighted by Crippen LogP contribution is -2.44. The number of carbonyl (C=O) groups excluding carboxylic acids is 1. The number of nitrogens with zero attached hydrogens (tertiary/aromatic N) is 2. The molecule has 1 aromatic carbocycles. The van der Waals surface area contributed by atoms with Gasteiger partial charge in [0.25, 0.3) is 0 Å². The number of likely N-dealkylation sites (tertiary alicyclic amines) is 1. The van der Waals surface area contributed by atoms with Crippen LogP contribution in [0, 0.1) is 11.7 Å². The average molecular weight is 440 g/mol. The predicted molar refractivity (Wildman–Crippen MR) is 115 cm³/mol. The van der Waals surface area contributed by atoms with Crippen molar-refractivity contribution in [2.24, 2.45) is 5.92 Å². The molecule has 0 unspecified atom stereocenters. The van der Waals surface area contributed by atoms with E-state index in [0.29, 0.717) is 38.5 Å². The first-order chi connectivity index (χ1) is 14.4. The zero-order chi connectivity index (χ0) is 21.6. The lowest BCUT2D eigenvalue weighted by Gasteiger charge is -2.35. The molecule has 1 atom stereocenters. The van der Waals surface area contributed by atoms with E-state index in [4.69, 9.17) is 0 Å². The molecule has 2 aliphatic heterocycles. The third-order valence-electron chi connectivity index (χ3n) is 6.42. The summed E-state index contributed by atoms with van der Waals surface area (Å²) in [6, 6.07) is 5.56. The van der Waals surface area contributed by atoms with Gasteiger partial charge in [-0.1, -0.05) is 13.3 Å². The SMILES string of the molecule is CC[C@@H]1CCCCN1CCCNC(=O)C1CCN(S(=O)(=O)c2ccc(F)cc2)CC1. The maximum atomic E-state index is 13.1. The largest absolute Gasteiger partial charge is 0.356 e. The van der Waals surface area contributed by atoms with Crippen LogP contribution < -0.4 is 5.32 Å². The molecule has 0 bridgehead atoms. The number of halogens is 1. The number of carbonyl (C=O) groups is 1. The van der Waals surface area contributed by atoms with Crippen molar-refractivity contribution in [3.8, 4) is 0 Å². The third kappa shape index (κ3) is 5.80. The topological polar surface area (TPSA) is 69.7 Å². The molecular weight excluding hydrogens is 405 g/mol. The average Bonchev–Trinajstić information content (AvgIpc) is 2.77. The molecule has 0 aliphatic carbocycles. The highest BCUT2D eigenvalue weighted by molar-refractivity contribution is 7.89. The zero-order valence-electron chi connectivity index (χ0n) is 17.9. The molecule has 6 nitrogen and oxygen atoms in total. The van der Waals surface area contributed by atoms with E-state index in [9.17, 15) is 17.6 Å². The van der Waals surface area contributed by atoms with E-state index >= 15 is 0 Å². The minimum atomic E-state index is -3.64. The number of amides is 1. The number of hydrogen-bond donors (Lipinski definition) is 1. The van der Waals surface area contributed by atoms with E-state index in [0.717, 1.165) is 31.6 Å². The first kappa shape index (κ1) is 23.2. The minimum Gasteiger partial charge on any atom is -0.356 e. The van der Waals surface area contributed by atoms with Gasteiger partial charge in [0.05, 0.1) is 4.90 Å². The first-order valence-electron chi connectivity index (χ1n) is 11.2. The molecule has 0 spiro atoms. The van der Waals surface area contributed by atoms with Crippen molar-refractivity contribution in [3.05, 3.63) is 30.1 Å². The van der Waals surface area contributed by atoms with Gasteiger partial charge >= 0.3 is 0 Å². The highest BCUT2D eigenvalue weighted by atomic mass is 32.2. The summed E-state index contributed by atoms with van der Waals surface area (Å²) in [7, 11) is -3.64. The Bertz CT molecular complexity index is 792. The van der Waals surface area contributed by atoms with E-state index in [1.54, 1.807) is 0 Å². The molecule has 3 rings (SSSR count). The molecule has 0 saturated carbocycles. The molecule has 8 heteroatoms. The van der Waals surface area contributed by atoms with E-state index < -0.39 is 15.8 Å². The summed E-state index contributed by atoms with van der Waals surface area (Å²) >= 11 is 0. The second kappa shape index (κ2) is 10.7. The summed E-state index contributed by atoms with van der Waals surface area (Å²) in [5.41, 5.74) is 0. The number of rotatable bonds is 8. The Balaban J connectivity index is 1.40. The van der Waals surface area contributed by atoms with E-state index in [2.05, 4.69) is 17.1 Å². The fraction of sp³-hybridized carbons (Fsp3) is 0.682. The van der Waals surface area contributed by atoms with Gasteiger partial charge in [-0.05, 0) is 69.3 Å². The number of sulfonamides is 1. The third-order valence-corrected chi connectivity index (χ3v) is 8.33. The van der Waals surface area contributed by atoms with Crippen molar-refractivity contribution < 1.29 is 17.6 Å². The van der Waals surface area contributed by atoms with Gasteiger partial charge in [-0.3, -0.25) is 4.79 Å². The molecular formula is C22H34FN3O3S. The van der Waals surface area contributed by atoms with E-state index in [-0.39, 0.29) is 16.7 Å². The Morgan fingerprint density at radius 2 is 1.80 bits per heavy atom. The normalized spacial score (nSPS) is 22.1. The zero-order valence-corrected chi connectivity index (χ0v) is 18.7. The van der Waals surface area contributed by atoms with Crippen molar-refractivity contribution in [1.29, 1.82) is 0 Å². The van der Waals surface area contributed by atoms with Crippen molar-refractivity contribution in [2.75, 3.05) is 32.7 Å². The molecule has 2 saturated heterocycles. The highest BCUT2D eigenvalue weighted by Crippen LogP contribution is 2.24. The van der Waals surface area contributed by atoms with Crippen LogP contribution in [-0.2, 0) is 14.8 Å². The summed E-state index contributed by atoms with van der Waals surface area (Å²) in [5.74, 6) is -0.586. The smallest absolute Gasteiger partial charge is 0.243 e. The summed E-state index contributed by atoms with van der Waals surface area (Å²) in [5, 5.41) is 3.04. The Morgan fingerprint density at radius 1 is 1.10 bits per heavy atom. The van der Waals surface area contributed by atoms with Gasteiger partial charge in [-0.2, -0.15) is 4.31 Å². The number of nitrogens with one attached hydrogen (secondary N) is 1. The van der Waals surface area contributed by atoms with Gasteiger partial charge in [0.15, 0.2) is 0 Å². The van der Waals surface area contributed by atoms with Crippen LogP contribution in [0.2, 0.25) is 0 Å². The fourth-order valence-corrected chi connectivity index (χ4v) is 6.04. The van der Waals surface area contributed by atoms with Gasteiger partial charge < -0.3 is 10.2 Å². The van der Waals surface area contributed by atoms with Crippen molar-refractivity contribution in [1.82, 2.24) is 14.5 Å². The van der Waals surface area contributed by atoms with Crippen LogP contribution >= 0.6 is 0 Å². The van der Waals surface area contributed by atoms with Crippen LogP contribution in [0.3, 0.4) is 0 Å². The number of hydrogen-bond acceptors (Lipinski definition) is 4. The lowest BCUT2D eigenvalue weighted by molar-refractivity contribution is -0.126. The standard InChI is InChI=1S/C22H34FN3O3S/c1-2-20-6-3-4-14-25(20)15-5-13-24-22(27)18-11-16-26(17-12-18)30(28,29)21-9-7-19(23)8-10-21/h7-10,18,20H,2-6,11-17H2,1H3,(H,24,27)/t20-/m1/s1. The van der Waals surface area contributed by atoms with Crippen LogP contribution in [0.15, 0.2) is 29.2 Å². The molecule has 2 aliphatic rings. The summed E-state index contributed by atoms with van der Waals surface area (Å²) in [6.45, 7) is 5.71. The minimum absolute atomic E-state index is 0.0273. The first-order valence-corrected chi connectivity index (χ1v) is 12.6. The van der Waals surface area contributed by atoms with Gasteiger partial charge in [0, 0.05) is 38.1 Å². The van der Waals surface area contributed by atoms with Crippen LogP contribution in [-0.4, -0.2) is 62.3 Å². The molecule has 30 heavy (non-hydrogen) atoms. The van der Waals surface area contributed by atoms with E-state index in [1.807, 2.05) is 0 Å². The van der Waals surface area contributed by atoms with Gasteiger partial charge in [-0.15, -0.1) is 0 Å².